The zero-order chi connectivity index (χ0) is 15.2. The van der Waals surface area contributed by atoms with Crippen LogP contribution in [0.1, 0.15) is 31.2 Å². The lowest BCUT2D eigenvalue weighted by Crippen LogP contribution is -2.44. The van der Waals surface area contributed by atoms with Crippen molar-refractivity contribution in [1.82, 2.24) is 5.32 Å². The fraction of sp³-hybridized carbons (Fsp3) is 0.500. The summed E-state index contributed by atoms with van der Waals surface area (Å²) in [5.74, 6) is -2.39. The van der Waals surface area contributed by atoms with Gasteiger partial charge in [-0.2, -0.15) is 0 Å². The van der Waals surface area contributed by atoms with E-state index >= 15 is 0 Å². The molecule has 0 unspecified atom stereocenters. The van der Waals surface area contributed by atoms with Crippen molar-refractivity contribution in [2.45, 2.75) is 32.1 Å². The molecule has 114 valence electrons. The third kappa shape index (κ3) is 4.46. The highest BCUT2D eigenvalue weighted by Gasteiger charge is 2.31. The Bertz CT molecular complexity index is 518. The van der Waals surface area contributed by atoms with Crippen LogP contribution in [0, 0.1) is 11.8 Å². The van der Waals surface area contributed by atoms with Crippen LogP contribution in [0.5, 0.6) is 0 Å². The Morgan fingerprint density at radius 1 is 1.24 bits per heavy atom. The number of carbonyl (C=O) groups is 2. The zero-order valence-corrected chi connectivity index (χ0v) is 12.6. The molecule has 0 aliphatic heterocycles. The van der Waals surface area contributed by atoms with E-state index in [0.717, 1.165) is 18.4 Å². The van der Waals surface area contributed by atoms with E-state index in [-0.39, 0.29) is 5.91 Å². The van der Waals surface area contributed by atoms with E-state index < -0.39 is 17.8 Å². The Kier molecular flexibility index (Phi) is 5.62. The van der Waals surface area contributed by atoms with E-state index in [9.17, 15) is 14.7 Å². The van der Waals surface area contributed by atoms with E-state index in [1.54, 1.807) is 6.07 Å². The lowest BCUT2D eigenvalue weighted by Gasteiger charge is -2.31. The molecule has 0 radical (unpaired) electrons. The molecule has 2 atom stereocenters. The molecule has 0 spiro atoms. The van der Waals surface area contributed by atoms with Crippen LogP contribution >= 0.6 is 11.6 Å². The number of carbonyl (C=O) groups excluding carboxylic acids is 2. The molecular weight excluding hydrogens is 290 g/mol. The fourth-order valence-corrected chi connectivity index (χ4v) is 3.09. The van der Waals surface area contributed by atoms with Crippen LogP contribution in [0.4, 0.5) is 0 Å². The summed E-state index contributed by atoms with van der Waals surface area (Å²) in [5, 5.41) is 14.6. The molecule has 0 heterocycles. The number of amides is 1. The molecule has 0 aromatic heterocycles. The molecule has 1 aromatic carbocycles. The maximum atomic E-state index is 12.1. The average Bonchev–Trinajstić information content (AvgIpc) is 2.47. The molecule has 1 fully saturated rings. The summed E-state index contributed by atoms with van der Waals surface area (Å²) in [6, 6.07) is 7.48. The third-order valence-electron chi connectivity index (χ3n) is 4.01. The lowest BCUT2D eigenvalue weighted by atomic mass is 9.78. The molecule has 2 rings (SSSR count). The van der Waals surface area contributed by atoms with E-state index in [0.29, 0.717) is 30.8 Å². The summed E-state index contributed by atoms with van der Waals surface area (Å²) in [4.78, 5) is 23.2. The van der Waals surface area contributed by atoms with E-state index in [1.807, 2.05) is 18.2 Å². The number of nitrogens with one attached hydrogen (secondary N) is 1. The van der Waals surface area contributed by atoms with Gasteiger partial charge in [-0.1, -0.05) is 36.6 Å². The van der Waals surface area contributed by atoms with Crippen LogP contribution in [0.3, 0.4) is 0 Å². The molecule has 21 heavy (non-hydrogen) atoms. The van der Waals surface area contributed by atoms with Gasteiger partial charge in [-0.15, -0.1) is 0 Å². The first-order valence-electron chi connectivity index (χ1n) is 7.31. The minimum absolute atomic E-state index is 0.175. The van der Waals surface area contributed by atoms with E-state index in [2.05, 4.69) is 5.32 Å². The van der Waals surface area contributed by atoms with Crippen molar-refractivity contribution in [3.63, 3.8) is 0 Å². The van der Waals surface area contributed by atoms with Gasteiger partial charge in [0.2, 0.25) is 5.91 Å². The topological polar surface area (TPSA) is 69.2 Å². The minimum Gasteiger partial charge on any atom is -0.550 e. The van der Waals surface area contributed by atoms with Gasteiger partial charge >= 0.3 is 0 Å². The van der Waals surface area contributed by atoms with Crippen molar-refractivity contribution in [1.29, 1.82) is 0 Å². The standard InChI is InChI=1S/C16H20ClNO3/c17-12-5-3-4-11(10-12)8-9-18-15(19)13-6-1-2-7-14(13)16(20)21/h3-5,10,13-14H,1-2,6-9H2,(H,18,19)(H,20,21)/p-1/t13-,14-/m0/s1. The first kappa shape index (κ1) is 15.8. The molecule has 1 aliphatic carbocycles. The lowest BCUT2D eigenvalue weighted by molar-refractivity contribution is -0.314. The van der Waals surface area contributed by atoms with Gasteiger partial charge in [-0.3, -0.25) is 4.79 Å². The first-order chi connectivity index (χ1) is 10.1. The molecule has 4 nitrogen and oxygen atoms in total. The summed E-state index contributed by atoms with van der Waals surface area (Å²) in [5.41, 5.74) is 1.04. The van der Waals surface area contributed by atoms with Crippen molar-refractivity contribution in [2.24, 2.45) is 11.8 Å². The van der Waals surface area contributed by atoms with Crippen molar-refractivity contribution in [3.8, 4) is 0 Å². The number of aliphatic carboxylic acids is 1. The van der Waals surface area contributed by atoms with Gasteiger partial charge in [0.15, 0.2) is 0 Å². The Labute approximate surface area is 129 Å². The number of hydrogen-bond donors (Lipinski definition) is 1. The molecule has 1 saturated carbocycles. The van der Waals surface area contributed by atoms with Crippen LogP contribution in [-0.4, -0.2) is 18.4 Å². The third-order valence-corrected chi connectivity index (χ3v) is 4.24. The van der Waals surface area contributed by atoms with Crippen LogP contribution in [-0.2, 0) is 16.0 Å². The highest BCUT2D eigenvalue weighted by molar-refractivity contribution is 6.30. The summed E-state index contributed by atoms with van der Waals surface area (Å²) in [6.07, 6.45) is 3.59. The number of rotatable bonds is 5. The second-order valence-electron chi connectivity index (χ2n) is 5.49. The monoisotopic (exact) mass is 308 g/mol. The molecule has 1 aliphatic rings. The molecule has 0 bridgehead atoms. The van der Waals surface area contributed by atoms with Gasteiger partial charge in [0.05, 0.1) is 0 Å². The SMILES string of the molecule is O=C([O-])[C@H]1CCCC[C@@H]1C(=O)NCCc1cccc(Cl)c1. The number of benzene rings is 1. The highest BCUT2D eigenvalue weighted by atomic mass is 35.5. The van der Waals surface area contributed by atoms with Gasteiger partial charge in [-0.25, -0.2) is 0 Å². The van der Waals surface area contributed by atoms with Gasteiger partial charge in [0.1, 0.15) is 0 Å². The van der Waals surface area contributed by atoms with Crippen molar-refractivity contribution in [3.05, 3.63) is 34.9 Å². The summed E-state index contributed by atoms with van der Waals surface area (Å²) >= 11 is 5.90. The van der Waals surface area contributed by atoms with Gasteiger partial charge < -0.3 is 15.2 Å². The van der Waals surface area contributed by atoms with Crippen molar-refractivity contribution >= 4 is 23.5 Å². The van der Waals surface area contributed by atoms with E-state index in [4.69, 9.17) is 11.6 Å². The Morgan fingerprint density at radius 3 is 2.62 bits per heavy atom. The Balaban J connectivity index is 1.84. The Morgan fingerprint density at radius 2 is 1.95 bits per heavy atom. The number of carboxylic acid groups (broad SMARTS) is 1. The molecule has 0 saturated heterocycles. The maximum absolute atomic E-state index is 12.1. The van der Waals surface area contributed by atoms with Gasteiger partial charge in [0, 0.05) is 29.4 Å². The number of carboxylic acids is 1. The van der Waals surface area contributed by atoms with Crippen LogP contribution in [0.25, 0.3) is 0 Å². The minimum atomic E-state index is -1.11. The number of halogens is 1. The first-order valence-corrected chi connectivity index (χ1v) is 7.68. The summed E-state index contributed by atoms with van der Waals surface area (Å²) in [7, 11) is 0. The maximum Gasteiger partial charge on any atom is 0.223 e. The largest absolute Gasteiger partial charge is 0.550 e. The normalized spacial score (nSPS) is 21.8. The number of hydrogen-bond acceptors (Lipinski definition) is 3. The predicted octanol–water partition coefficient (Wildman–Crippen LogP) is 1.55. The van der Waals surface area contributed by atoms with E-state index in [1.165, 1.54) is 0 Å². The highest BCUT2D eigenvalue weighted by Crippen LogP contribution is 2.29. The van der Waals surface area contributed by atoms with Crippen LogP contribution in [0.15, 0.2) is 24.3 Å². The molecular formula is C16H19ClNO3-. The second-order valence-corrected chi connectivity index (χ2v) is 5.92. The summed E-state index contributed by atoms with van der Waals surface area (Å²) < 4.78 is 0. The predicted molar refractivity (Wildman–Crippen MR) is 78.6 cm³/mol. The van der Waals surface area contributed by atoms with Gasteiger partial charge in [-0.05, 0) is 37.0 Å². The molecule has 1 aromatic rings. The molecule has 1 N–H and O–H groups in total. The quantitative estimate of drug-likeness (QED) is 0.897. The van der Waals surface area contributed by atoms with Crippen LogP contribution < -0.4 is 10.4 Å². The average molecular weight is 309 g/mol. The Hall–Kier alpha value is -1.55. The van der Waals surface area contributed by atoms with Crippen molar-refractivity contribution < 1.29 is 14.7 Å². The summed E-state index contributed by atoms with van der Waals surface area (Å²) in [6.45, 7) is 0.482. The smallest absolute Gasteiger partial charge is 0.223 e. The van der Waals surface area contributed by atoms with Gasteiger partial charge in [0.25, 0.3) is 0 Å². The molecule has 5 heteroatoms. The van der Waals surface area contributed by atoms with Crippen LogP contribution in [0.2, 0.25) is 5.02 Å². The fourth-order valence-electron chi connectivity index (χ4n) is 2.88. The van der Waals surface area contributed by atoms with Crippen molar-refractivity contribution in [2.75, 3.05) is 6.54 Å². The molecule has 1 amide bonds. The zero-order valence-electron chi connectivity index (χ0n) is 11.8. The second kappa shape index (κ2) is 7.46.